The van der Waals surface area contributed by atoms with Gasteiger partial charge in [0.15, 0.2) is 5.11 Å². The third-order valence-corrected chi connectivity index (χ3v) is 2.73. The molecule has 1 saturated carbocycles. The molecular formula is C9H15N3O2S. The van der Waals surface area contributed by atoms with Crippen LogP contribution < -0.4 is 16.2 Å². The fourth-order valence-corrected chi connectivity index (χ4v) is 1.63. The van der Waals surface area contributed by atoms with Crippen LogP contribution in [-0.4, -0.2) is 30.3 Å². The van der Waals surface area contributed by atoms with Crippen molar-refractivity contribution in [3.63, 3.8) is 0 Å². The molecule has 0 radical (unpaired) electrons. The van der Waals surface area contributed by atoms with Crippen LogP contribution in [0, 0.1) is 5.92 Å². The van der Waals surface area contributed by atoms with Gasteiger partial charge in [-0.05, 0) is 31.5 Å². The topological polar surface area (TPSA) is 62.4 Å². The zero-order valence-corrected chi connectivity index (χ0v) is 9.23. The first-order chi connectivity index (χ1) is 7.25. The maximum atomic E-state index is 11.5. The summed E-state index contributed by atoms with van der Waals surface area (Å²) in [6.45, 7) is 1.18. The van der Waals surface area contributed by atoms with E-state index in [4.69, 9.17) is 17.0 Å². The Bertz CT molecular complexity index is 262. The van der Waals surface area contributed by atoms with E-state index < -0.39 is 0 Å². The van der Waals surface area contributed by atoms with Crippen molar-refractivity contribution in [1.82, 2.24) is 16.2 Å². The molecule has 2 rings (SSSR count). The lowest BCUT2D eigenvalue weighted by Gasteiger charge is -2.12. The van der Waals surface area contributed by atoms with E-state index in [1.165, 1.54) is 0 Å². The number of thiocarbonyl (C=S) groups is 1. The second-order valence-corrected chi connectivity index (χ2v) is 4.33. The van der Waals surface area contributed by atoms with Gasteiger partial charge in [-0.3, -0.25) is 15.6 Å². The summed E-state index contributed by atoms with van der Waals surface area (Å²) >= 11 is 5.00. The number of hydrogen-bond donors (Lipinski definition) is 3. The van der Waals surface area contributed by atoms with Crippen LogP contribution in [0.2, 0.25) is 0 Å². The van der Waals surface area contributed by atoms with Crippen LogP contribution in [0.15, 0.2) is 0 Å². The van der Waals surface area contributed by atoms with Crippen molar-refractivity contribution in [2.75, 3.05) is 13.2 Å². The molecule has 15 heavy (non-hydrogen) atoms. The van der Waals surface area contributed by atoms with Gasteiger partial charge >= 0.3 is 0 Å². The highest BCUT2D eigenvalue weighted by Crippen LogP contribution is 2.18. The Balaban J connectivity index is 1.62. The summed E-state index contributed by atoms with van der Waals surface area (Å²) in [7, 11) is 0. The highest BCUT2D eigenvalue weighted by Gasteiger charge is 2.24. The van der Waals surface area contributed by atoms with Crippen molar-refractivity contribution < 1.29 is 9.53 Å². The van der Waals surface area contributed by atoms with E-state index >= 15 is 0 Å². The summed E-state index contributed by atoms with van der Waals surface area (Å²) in [5.74, 6) is -0.0892. The molecule has 0 spiro atoms. The van der Waals surface area contributed by atoms with Crippen LogP contribution >= 0.6 is 12.2 Å². The molecule has 1 atom stereocenters. The fourth-order valence-electron chi connectivity index (χ4n) is 1.41. The molecule has 1 unspecified atom stereocenters. The minimum absolute atomic E-state index is 0.0405. The number of carbonyl (C=O) groups is 1. The fraction of sp³-hybridized carbons (Fsp3) is 0.778. The molecular weight excluding hydrogens is 214 g/mol. The number of ether oxygens (including phenoxy) is 1. The standard InChI is InChI=1S/C9H15N3O2S/c13-8(6-3-4-14-5-6)11-12-9(15)10-7-1-2-7/h6-7H,1-5H2,(H,11,13)(H2,10,12,15). The maximum Gasteiger partial charge on any atom is 0.243 e. The lowest BCUT2D eigenvalue weighted by atomic mass is 10.1. The zero-order valence-electron chi connectivity index (χ0n) is 8.41. The molecule has 0 bridgehead atoms. The molecule has 0 aromatic heterocycles. The van der Waals surface area contributed by atoms with E-state index in [2.05, 4.69) is 16.2 Å². The largest absolute Gasteiger partial charge is 0.381 e. The Morgan fingerprint density at radius 2 is 2.07 bits per heavy atom. The Kier molecular flexibility index (Phi) is 3.37. The van der Waals surface area contributed by atoms with Gasteiger partial charge in [0, 0.05) is 12.6 Å². The van der Waals surface area contributed by atoms with Crippen molar-refractivity contribution in [2.24, 2.45) is 5.92 Å². The normalized spacial score (nSPS) is 24.7. The van der Waals surface area contributed by atoms with E-state index in [1.807, 2.05) is 0 Å². The van der Waals surface area contributed by atoms with Gasteiger partial charge in [-0.15, -0.1) is 0 Å². The molecule has 0 aromatic rings. The van der Waals surface area contributed by atoms with Crippen LogP contribution in [0.1, 0.15) is 19.3 Å². The smallest absolute Gasteiger partial charge is 0.243 e. The summed E-state index contributed by atoms with van der Waals surface area (Å²) in [6.07, 6.45) is 3.11. The predicted molar refractivity (Wildman–Crippen MR) is 59.0 cm³/mol. The number of carbonyl (C=O) groups excluding carboxylic acids is 1. The van der Waals surface area contributed by atoms with Crippen molar-refractivity contribution in [3.05, 3.63) is 0 Å². The molecule has 84 valence electrons. The quantitative estimate of drug-likeness (QED) is 0.447. The third kappa shape index (κ3) is 3.32. The molecule has 2 aliphatic rings. The average Bonchev–Trinajstić information content (AvgIpc) is 2.86. The molecule has 1 heterocycles. The van der Waals surface area contributed by atoms with Gasteiger partial charge in [-0.2, -0.15) is 0 Å². The SMILES string of the molecule is O=C(NNC(=S)NC1CC1)C1CCOC1. The van der Waals surface area contributed by atoms with Crippen LogP contribution in [0.4, 0.5) is 0 Å². The lowest BCUT2D eigenvalue weighted by molar-refractivity contribution is -0.125. The van der Waals surface area contributed by atoms with Crippen LogP contribution in [-0.2, 0) is 9.53 Å². The summed E-state index contributed by atoms with van der Waals surface area (Å²) in [6, 6.07) is 0.497. The summed E-state index contributed by atoms with van der Waals surface area (Å²) in [5.41, 5.74) is 5.28. The van der Waals surface area contributed by atoms with Crippen molar-refractivity contribution in [2.45, 2.75) is 25.3 Å². The molecule has 6 heteroatoms. The van der Waals surface area contributed by atoms with Gasteiger partial charge in [0.1, 0.15) is 0 Å². The lowest BCUT2D eigenvalue weighted by Crippen LogP contribution is -2.49. The van der Waals surface area contributed by atoms with Crippen molar-refractivity contribution >= 4 is 23.2 Å². The first-order valence-corrected chi connectivity index (χ1v) is 5.60. The minimum atomic E-state index is -0.0487. The molecule has 5 nitrogen and oxygen atoms in total. The van der Waals surface area contributed by atoms with Crippen LogP contribution in [0.5, 0.6) is 0 Å². The maximum absolute atomic E-state index is 11.5. The minimum Gasteiger partial charge on any atom is -0.381 e. The molecule has 1 saturated heterocycles. The number of amides is 1. The third-order valence-electron chi connectivity index (χ3n) is 2.51. The van der Waals surface area contributed by atoms with Crippen molar-refractivity contribution in [3.8, 4) is 0 Å². The Labute approximate surface area is 93.9 Å². The van der Waals surface area contributed by atoms with E-state index in [9.17, 15) is 4.79 Å². The number of rotatable bonds is 2. The number of hydrogen-bond acceptors (Lipinski definition) is 3. The molecule has 1 aliphatic carbocycles. The molecule has 0 aromatic carbocycles. The van der Waals surface area contributed by atoms with Gasteiger partial charge in [0.25, 0.3) is 0 Å². The van der Waals surface area contributed by atoms with E-state index in [0.29, 0.717) is 24.4 Å². The number of nitrogens with one attached hydrogen (secondary N) is 3. The Morgan fingerprint density at radius 3 is 2.67 bits per heavy atom. The Morgan fingerprint density at radius 1 is 1.27 bits per heavy atom. The first-order valence-electron chi connectivity index (χ1n) is 5.20. The molecule has 2 fully saturated rings. The highest BCUT2D eigenvalue weighted by molar-refractivity contribution is 7.80. The average molecular weight is 229 g/mol. The van der Waals surface area contributed by atoms with Crippen LogP contribution in [0.3, 0.4) is 0 Å². The summed E-state index contributed by atoms with van der Waals surface area (Å²) < 4.78 is 5.12. The monoisotopic (exact) mass is 229 g/mol. The molecule has 3 N–H and O–H groups in total. The molecule has 1 amide bonds. The zero-order chi connectivity index (χ0) is 10.7. The van der Waals surface area contributed by atoms with E-state index in [0.717, 1.165) is 19.3 Å². The Hall–Kier alpha value is -0.880. The second-order valence-electron chi connectivity index (χ2n) is 3.92. The van der Waals surface area contributed by atoms with Gasteiger partial charge in [0.2, 0.25) is 5.91 Å². The van der Waals surface area contributed by atoms with Crippen molar-refractivity contribution in [1.29, 1.82) is 0 Å². The van der Waals surface area contributed by atoms with E-state index in [1.54, 1.807) is 0 Å². The van der Waals surface area contributed by atoms with Crippen LogP contribution in [0.25, 0.3) is 0 Å². The summed E-state index contributed by atoms with van der Waals surface area (Å²) in [5, 5.41) is 3.56. The van der Waals surface area contributed by atoms with Gasteiger partial charge in [-0.25, -0.2) is 0 Å². The molecule has 1 aliphatic heterocycles. The van der Waals surface area contributed by atoms with Gasteiger partial charge in [0.05, 0.1) is 12.5 Å². The van der Waals surface area contributed by atoms with E-state index in [-0.39, 0.29) is 11.8 Å². The van der Waals surface area contributed by atoms with Gasteiger partial charge < -0.3 is 10.1 Å². The predicted octanol–water partition coefficient (Wildman–Crippen LogP) is -0.319. The second kappa shape index (κ2) is 4.76. The number of hydrazine groups is 1. The first kappa shape index (κ1) is 10.6. The van der Waals surface area contributed by atoms with Gasteiger partial charge in [-0.1, -0.05) is 0 Å². The highest BCUT2D eigenvalue weighted by atomic mass is 32.1. The summed E-state index contributed by atoms with van der Waals surface area (Å²) in [4.78, 5) is 11.5.